The Morgan fingerprint density at radius 2 is 2.25 bits per heavy atom. The van der Waals surface area contributed by atoms with Crippen molar-refractivity contribution in [2.24, 2.45) is 0 Å². The average Bonchev–Trinajstić information content (AvgIpc) is 3.25. The van der Waals surface area contributed by atoms with Gasteiger partial charge in [-0.05, 0) is 12.0 Å². The van der Waals surface area contributed by atoms with Crippen molar-refractivity contribution in [3.05, 3.63) is 53.8 Å². The second kappa shape index (κ2) is 7.01. The minimum atomic E-state index is -0.0950. The molecular formula is C18H18N4O2. The van der Waals surface area contributed by atoms with Crippen LogP contribution < -0.4 is 0 Å². The predicted molar refractivity (Wildman–Crippen MR) is 88.3 cm³/mol. The number of carbonyl (C=O) groups excluding carboxylic acids is 1. The van der Waals surface area contributed by atoms with Crippen LogP contribution in [0.4, 0.5) is 0 Å². The van der Waals surface area contributed by atoms with Gasteiger partial charge in [0.15, 0.2) is 12.0 Å². The van der Waals surface area contributed by atoms with Crippen LogP contribution in [0.25, 0.3) is 11.3 Å². The molecule has 2 aromatic rings. The van der Waals surface area contributed by atoms with Gasteiger partial charge in [-0.3, -0.25) is 4.79 Å². The number of benzene rings is 1. The molecule has 1 aromatic carbocycles. The molecule has 1 amide bonds. The fourth-order valence-corrected chi connectivity index (χ4v) is 2.61. The van der Waals surface area contributed by atoms with E-state index in [4.69, 9.17) is 9.78 Å². The quantitative estimate of drug-likeness (QED) is 0.638. The number of rotatable bonds is 4. The van der Waals surface area contributed by atoms with Crippen LogP contribution in [-0.4, -0.2) is 41.0 Å². The topological polar surface area (TPSA) is 73.4 Å². The molecule has 6 nitrogen and oxygen atoms in total. The van der Waals surface area contributed by atoms with Gasteiger partial charge in [-0.1, -0.05) is 35.5 Å². The van der Waals surface area contributed by atoms with Crippen LogP contribution in [0.1, 0.15) is 12.2 Å². The maximum absolute atomic E-state index is 12.3. The van der Waals surface area contributed by atoms with Gasteiger partial charge in [-0.15, -0.1) is 0 Å². The largest absolute Gasteiger partial charge is 0.359 e. The summed E-state index contributed by atoms with van der Waals surface area (Å²) in [6.07, 6.45) is 4.47. The summed E-state index contributed by atoms with van der Waals surface area (Å²) in [5.41, 5.74) is 2.72. The highest BCUT2D eigenvalue weighted by molar-refractivity contribution is 5.88. The Morgan fingerprint density at radius 1 is 1.46 bits per heavy atom. The van der Waals surface area contributed by atoms with Crippen molar-refractivity contribution in [1.82, 2.24) is 15.0 Å². The first kappa shape index (κ1) is 15.8. The number of nitrogens with zero attached hydrogens (tertiary/aromatic N) is 4. The zero-order chi connectivity index (χ0) is 16.9. The standard InChI is InChI=1S/C18H18N4O2/c1-21(18(23)9-14-7-8-22(11-14)13-19)12-16-10-17(20-24-16)15-5-3-2-4-6-15/h2-6,9-10H,7-8,11-12H2,1H3/b14-9-. The molecule has 0 atom stereocenters. The van der Waals surface area contributed by atoms with Gasteiger partial charge < -0.3 is 14.3 Å². The summed E-state index contributed by atoms with van der Waals surface area (Å²) in [7, 11) is 1.72. The lowest BCUT2D eigenvalue weighted by Gasteiger charge is -2.13. The molecule has 0 saturated carbocycles. The number of likely N-dealkylation sites (tertiary alicyclic amines) is 1. The van der Waals surface area contributed by atoms with Gasteiger partial charge in [0.25, 0.3) is 0 Å². The molecule has 1 aliphatic rings. The van der Waals surface area contributed by atoms with Crippen molar-refractivity contribution in [3.63, 3.8) is 0 Å². The van der Waals surface area contributed by atoms with Crippen LogP contribution >= 0.6 is 0 Å². The molecule has 122 valence electrons. The van der Waals surface area contributed by atoms with E-state index in [2.05, 4.69) is 11.3 Å². The lowest BCUT2D eigenvalue weighted by molar-refractivity contribution is -0.125. The monoisotopic (exact) mass is 322 g/mol. The molecule has 0 spiro atoms. The third kappa shape index (κ3) is 3.63. The summed E-state index contributed by atoms with van der Waals surface area (Å²) in [6, 6.07) is 11.6. The zero-order valence-corrected chi connectivity index (χ0v) is 13.5. The maximum Gasteiger partial charge on any atom is 0.246 e. The summed E-state index contributed by atoms with van der Waals surface area (Å²) in [5, 5.41) is 12.9. The van der Waals surface area contributed by atoms with Gasteiger partial charge in [0.1, 0.15) is 5.69 Å². The Hall–Kier alpha value is -3.07. The van der Waals surface area contributed by atoms with E-state index in [1.54, 1.807) is 22.9 Å². The first-order chi connectivity index (χ1) is 11.7. The van der Waals surface area contributed by atoms with E-state index in [0.717, 1.165) is 23.3 Å². The molecular weight excluding hydrogens is 304 g/mol. The van der Waals surface area contributed by atoms with Crippen molar-refractivity contribution in [2.45, 2.75) is 13.0 Å². The van der Waals surface area contributed by atoms with Crippen molar-refractivity contribution in [1.29, 1.82) is 5.26 Å². The highest BCUT2D eigenvalue weighted by Crippen LogP contribution is 2.19. The highest BCUT2D eigenvalue weighted by atomic mass is 16.5. The lowest BCUT2D eigenvalue weighted by Crippen LogP contribution is -2.24. The number of likely N-dealkylation sites (N-methyl/N-ethyl adjacent to an activating group) is 1. The highest BCUT2D eigenvalue weighted by Gasteiger charge is 2.18. The van der Waals surface area contributed by atoms with Crippen molar-refractivity contribution in [3.8, 4) is 17.5 Å². The lowest BCUT2D eigenvalue weighted by atomic mass is 10.1. The zero-order valence-electron chi connectivity index (χ0n) is 13.5. The fourth-order valence-electron chi connectivity index (χ4n) is 2.61. The minimum Gasteiger partial charge on any atom is -0.359 e. The molecule has 3 rings (SSSR count). The van der Waals surface area contributed by atoms with Crippen LogP contribution in [-0.2, 0) is 11.3 Å². The maximum atomic E-state index is 12.3. The van der Waals surface area contributed by atoms with Crippen LogP contribution in [0.3, 0.4) is 0 Å². The van der Waals surface area contributed by atoms with Crippen LogP contribution in [0.5, 0.6) is 0 Å². The smallest absolute Gasteiger partial charge is 0.246 e. The predicted octanol–water partition coefficient (Wildman–Crippen LogP) is 2.41. The molecule has 0 unspecified atom stereocenters. The SMILES string of the molecule is CN(Cc1cc(-c2ccccc2)no1)C(=O)/C=C1/CCN(C#N)C1. The molecule has 0 aliphatic carbocycles. The summed E-state index contributed by atoms with van der Waals surface area (Å²) in [4.78, 5) is 15.5. The minimum absolute atomic E-state index is 0.0950. The van der Waals surface area contributed by atoms with Crippen LogP contribution in [0, 0.1) is 11.5 Å². The van der Waals surface area contributed by atoms with E-state index in [1.807, 2.05) is 36.4 Å². The van der Waals surface area contributed by atoms with Gasteiger partial charge in [-0.25, -0.2) is 0 Å². The number of nitriles is 1. The number of hydrogen-bond donors (Lipinski definition) is 0. The van der Waals surface area contributed by atoms with E-state index in [-0.39, 0.29) is 5.91 Å². The van der Waals surface area contributed by atoms with Gasteiger partial charge >= 0.3 is 0 Å². The van der Waals surface area contributed by atoms with Gasteiger partial charge in [-0.2, -0.15) is 5.26 Å². The Bertz CT molecular complexity index is 789. The molecule has 24 heavy (non-hydrogen) atoms. The molecule has 1 saturated heterocycles. The third-order valence-corrected chi connectivity index (χ3v) is 3.96. The summed E-state index contributed by atoms with van der Waals surface area (Å²) in [5.74, 6) is 0.538. The third-order valence-electron chi connectivity index (χ3n) is 3.96. The van der Waals surface area contributed by atoms with E-state index in [1.165, 1.54) is 0 Å². The van der Waals surface area contributed by atoms with Gasteiger partial charge in [0.2, 0.25) is 5.91 Å². The van der Waals surface area contributed by atoms with E-state index in [0.29, 0.717) is 25.4 Å². The molecule has 2 heterocycles. The summed E-state index contributed by atoms with van der Waals surface area (Å²) >= 11 is 0. The Morgan fingerprint density at radius 3 is 2.96 bits per heavy atom. The van der Waals surface area contributed by atoms with E-state index in [9.17, 15) is 4.79 Å². The molecule has 1 aliphatic heterocycles. The van der Waals surface area contributed by atoms with E-state index < -0.39 is 0 Å². The van der Waals surface area contributed by atoms with Crippen LogP contribution in [0.15, 0.2) is 52.6 Å². The van der Waals surface area contributed by atoms with Crippen molar-refractivity contribution in [2.75, 3.05) is 20.1 Å². The first-order valence-corrected chi connectivity index (χ1v) is 7.76. The summed E-state index contributed by atoms with van der Waals surface area (Å²) < 4.78 is 5.33. The number of amides is 1. The first-order valence-electron chi connectivity index (χ1n) is 7.76. The number of hydrogen-bond acceptors (Lipinski definition) is 5. The van der Waals surface area contributed by atoms with Gasteiger partial charge in [0, 0.05) is 37.8 Å². The molecule has 6 heteroatoms. The van der Waals surface area contributed by atoms with Gasteiger partial charge in [0.05, 0.1) is 6.54 Å². The van der Waals surface area contributed by atoms with Crippen molar-refractivity contribution < 1.29 is 9.32 Å². The van der Waals surface area contributed by atoms with Crippen molar-refractivity contribution >= 4 is 5.91 Å². The van der Waals surface area contributed by atoms with Crippen LogP contribution in [0.2, 0.25) is 0 Å². The van der Waals surface area contributed by atoms with E-state index >= 15 is 0 Å². The normalized spacial score (nSPS) is 15.5. The number of aromatic nitrogens is 1. The number of carbonyl (C=O) groups is 1. The molecule has 0 radical (unpaired) electrons. The second-order valence-electron chi connectivity index (χ2n) is 5.81. The summed E-state index contributed by atoms with van der Waals surface area (Å²) in [6.45, 7) is 1.57. The Balaban J connectivity index is 1.62. The molecule has 1 fully saturated rings. The molecule has 0 bridgehead atoms. The fraction of sp³-hybridized carbons (Fsp3) is 0.278. The average molecular weight is 322 g/mol. The second-order valence-corrected chi connectivity index (χ2v) is 5.81. The molecule has 0 N–H and O–H groups in total. The Kier molecular flexibility index (Phi) is 4.62. The Labute approximate surface area is 140 Å². The molecule has 1 aromatic heterocycles.